The monoisotopic (exact) mass is 291 g/mol. The predicted octanol–water partition coefficient (Wildman–Crippen LogP) is 1.23. The van der Waals surface area contributed by atoms with E-state index in [1.807, 2.05) is 6.20 Å². The first-order valence-electron chi connectivity index (χ1n) is 8.55. The first-order valence-corrected chi connectivity index (χ1v) is 8.55. The van der Waals surface area contributed by atoms with Gasteiger partial charge < -0.3 is 10.3 Å². The van der Waals surface area contributed by atoms with Gasteiger partial charge in [-0.05, 0) is 19.4 Å². The number of hydrogen-bond acceptors (Lipinski definition) is 4. The van der Waals surface area contributed by atoms with Crippen LogP contribution in [0.2, 0.25) is 0 Å². The van der Waals surface area contributed by atoms with Gasteiger partial charge in [-0.3, -0.25) is 9.80 Å². The molecule has 21 heavy (non-hydrogen) atoms. The van der Waals surface area contributed by atoms with Gasteiger partial charge in [0.1, 0.15) is 5.82 Å². The summed E-state index contributed by atoms with van der Waals surface area (Å²) in [4.78, 5) is 13.2. The molecule has 0 spiro atoms. The molecule has 0 amide bonds. The molecule has 1 aromatic heterocycles. The van der Waals surface area contributed by atoms with E-state index in [1.54, 1.807) is 0 Å². The topological polar surface area (TPSA) is 47.2 Å². The molecule has 3 heterocycles. The van der Waals surface area contributed by atoms with Crippen LogP contribution in [0.1, 0.15) is 37.7 Å². The molecule has 2 aliphatic rings. The van der Waals surface area contributed by atoms with Gasteiger partial charge in [0.05, 0.1) is 0 Å². The number of piperazine rings is 1. The van der Waals surface area contributed by atoms with E-state index in [4.69, 9.17) is 0 Å². The Morgan fingerprint density at radius 2 is 2.14 bits per heavy atom. The van der Waals surface area contributed by atoms with E-state index in [0.29, 0.717) is 0 Å². The maximum absolute atomic E-state index is 4.50. The molecule has 1 atom stereocenters. The van der Waals surface area contributed by atoms with E-state index < -0.39 is 0 Å². The molecule has 3 rings (SSSR count). The molecule has 0 aromatic carbocycles. The van der Waals surface area contributed by atoms with Gasteiger partial charge in [-0.25, -0.2) is 4.98 Å². The Morgan fingerprint density at radius 3 is 2.86 bits per heavy atom. The molecule has 118 valence electrons. The average Bonchev–Trinajstić information content (AvgIpc) is 3.17. The van der Waals surface area contributed by atoms with Crippen LogP contribution in [0.25, 0.3) is 0 Å². The molecule has 0 unspecified atom stereocenters. The van der Waals surface area contributed by atoms with E-state index in [0.717, 1.165) is 24.8 Å². The fourth-order valence-corrected chi connectivity index (χ4v) is 3.44. The van der Waals surface area contributed by atoms with E-state index >= 15 is 0 Å². The molecule has 5 heteroatoms. The summed E-state index contributed by atoms with van der Waals surface area (Å²) in [5.41, 5.74) is 1.28. The van der Waals surface area contributed by atoms with Gasteiger partial charge in [0.2, 0.25) is 0 Å². The molecule has 0 bridgehead atoms. The highest BCUT2D eigenvalue weighted by Gasteiger charge is 2.25. The Labute approximate surface area is 128 Å². The SMILES string of the molecule is CCCCc1ncc(CN2CCN([C@@H]3CCNC3)CC2)[nH]1. The Kier molecular flexibility index (Phi) is 5.27. The highest BCUT2D eigenvalue weighted by molar-refractivity contribution is 5.02. The number of H-pyrrole nitrogens is 1. The molecule has 0 saturated carbocycles. The lowest BCUT2D eigenvalue weighted by molar-refractivity contribution is 0.0974. The van der Waals surface area contributed by atoms with Crippen molar-refractivity contribution in [1.82, 2.24) is 25.1 Å². The van der Waals surface area contributed by atoms with E-state index in [-0.39, 0.29) is 0 Å². The fraction of sp³-hybridized carbons (Fsp3) is 0.812. The van der Waals surface area contributed by atoms with Crippen molar-refractivity contribution in [2.75, 3.05) is 39.3 Å². The maximum atomic E-state index is 4.50. The third-order valence-corrected chi connectivity index (χ3v) is 4.80. The highest BCUT2D eigenvalue weighted by atomic mass is 15.3. The number of aryl methyl sites for hydroxylation is 1. The number of aromatic nitrogens is 2. The number of rotatable bonds is 6. The van der Waals surface area contributed by atoms with Crippen molar-refractivity contribution in [3.63, 3.8) is 0 Å². The van der Waals surface area contributed by atoms with Crippen molar-refractivity contribution >= 4 is 0 Å². The second-order valence-electron chi connectivity index (χ2n) is 6.42. The number of nitrogens with zero attached hydrogens (tertiary/aromatic N) is 3. The van der Waals surface area contributed by atoms with Crippen molar-refractivity contribution in [1.29, 1.82) is 0 Å². The molecule has 5 nitrogen and oxygen atoms in total. The maximum Gasteiger partial charge on any atom is 0.106 e. The molecule has 2 saturated heterocycles. The van der Waals surface area contributed by atoms with Crippen molar-refractivity contribution in [2.24, 2.45) is 0 Å². The number of imidazole rings is 1. The quantitative estimate of drug-likeness (QED) is 0.828. The van der Waals surface area contributed by atoms with Gasteiger partial charge in [0.25, 0.3) is 0 Å². The minimum atomic E-state index is 0.778. The summed E-state index contributed by atoms with van der Waals surface area (Å²) < 4.78 is 0. The van der Waals surface area contributed by atoms with Crippen LogP contribution in [0.3, 0.4) is 0 Å². The summed E-state index contributed by atoms with van der Waals surface area (Å²) >= 11 is 0. The highest BCUT2D eigenvalue weighted by Crippen LogP contribution is 2.13. The fourth-order valence-electron chi connectivity index (χ4n) is 3.44. The van der Waals surface area contributed by atoms with Crippen molar-refractivity contribution in [2.45, 2.75) is 45.2 Å². The number of hydrogen-bond donors (Lipinski definition) is 2. The van der Waals surface area contributed by atoms with Crippen LogP contribution in [0, 0.1) is 0 Å². The molecule has 2 aliphatic heterocycles. The Morgan fingerprint density at radius 1 is 1.29 bits per heavy atom. The normalized spacial score (nSPS) is 24.7. The van der Waals surface area contributed by atoms with Gasteiger partial charge in [-0.15, -0.1) is 0 Å². The van der Waals surface area contributed by atoms with Crippen LogP contribution in [-0.4, -0.2) is 65.1 Å². The molecule has 0 aliphatic carbocycles. The van der Waals surface area contributed by atoms with Gasteiger partial charge in [-0.2, -0.15) is 0 Å². The smallest absolute Gasteiger partial charge is 0.106 e. The molecule has 0 radical (unpaired) electrons. The third kappa shape index (κ3) is 4.05. The van der Waals surface area contributed by atoms with Gasteiger partial charge >= 0.3 is 0 Å². The lowest BCUT2D eigenvalue weighted by Gasteiger charge is -2.37. The zero-order valence-corrected chi connectivity index (χ0v) is 13.3. The lowest BCUT2D eigenvalue weighted by atomic mass is 10.2. The number of nitrogens with one attached hydrogen (secondary N) is 2. The number of aromatic amines is 1. The van der Waals surface area contributed by atoms with Gasteiger partial charge in [0.15, 0.2) is 0 Å². The first kappa shape index (κ1) is 15.0. The second kappa shape index (κ2) is 7.38. The van der Waals surface area contributed by atoms with Crippen molar-refractivity contribution in [3.05, 3.63) is 17.7 Å². The molecule has 2 fully saturated rings. The molecule has 1 aromatic rings. The van der Waals surface area contributed by atoms with Crippen LogP contribution >= 0.6 is 0 Å². The summed E-state index contributed by atoms with van der Waals surface area (Å²) in [6.45, 7) is 10.4. The van der Waals surface area contributed by atoms with Crippen LogP contribution in [-0.2, 0) is 13.0 Å². The Bertz CT molecular complexity index is 416. The Hall–Kier alpha value is -0.910. The standard InChI is InChI=1S/C16H29N5/c1-2-3-4-16-18-11-14(19-16)13-20-7-9-21(10-8-20)15-5-6-17-12-15/h11,15,17H,2-10,12-13H2,1H3,(H,18,19)/t15-/m1/s1. The minimum Gasteiger partial charge on any atom is -0.345 e. The van der Waals surface area contributed by atoms with Crippen LogP contribution in [0.4, 0.5) is 0 Å². The molecular weight excluding hydrogens is 262 g/mol. The largest absolute Gasteiger partial charge is 0.345 e. The summed E-state index contributed by atoms with van der Waals surface area (Å²) in [5, 5.41) is 3.47. The van der Waals surface area contributed by atoms with Crippen LogP contribution in [0.15, 0.2) is 6.20 Å². The number of unbranched alkanes of at least 4 members (excludes halogenated alkanes) is 1. The van der Waals surface area contributed by atoms with Gasteiger partial charge in [0, 0.05) is 63.6 Å². The van der Waals surface area contributed by atoms with Crippen molar-refractivity contribution < 1.29 is 0 Å². The molecule has 2 N–H and O–H groups in total. The van der Waals surface area contributed by atoms with E-state index in [9.17, 15) is 0 Å². The average molecular weight is 291 g/mol. The summed E-state index contributed by atoms with van der Waals surface area (Å²) in [6.07, 6.45) is 6.88. The summed E-state index contributed by atoms with van der Waals surface area (Å²) in [7, 11) is 0. The van der Waals surface area contributed by atoms with E-state index in [2.05, 4.69) is 32.0 Å². The third-order valence-electron chi connectivity index (χ3n) is 4.80. The first-order chi connectivity index (χ1) is 10.3. The zero-order chi connectivity index (χ0) is 14.5. The lowest BCUT2D eigenvalue weighted by Crippen LogP contribution is -2.50. The van der Waals surface area contributed by atoms with Crippen molar-refractivity contribution in [3.8, 4) is 0 Å². The Balaban J connectivity index is 1.43. The van der Waals surface area contributed by atoms with Gasteiger partial charge in [-0.1, -0.05) is 13.3 Å². The summed E-state index contributed by atoms with van der Waals surface area (Å²) in [5.74, 6) is 1.16. The molecular formula is C16H29N5. The predicted molar refractivity (Wildman–Crippen MR) is 85.3 cm³/mol. The second-order valence-corrected chi connectivity index (χ2v) is 6.42. The minimum absolute atomic E-state index is 0.778. The van der Waals surface area contributed by atoms with Crippen LogP contribution < -0.4 is 5.32 Å². The van der Waals surface area contributed by atoms with Crippen LogP contribution in [0.5, 0.6) is 0 Å². The zero-order valence-electron chi connectivity index (χ0n) is 13.3. The summed E-state index contributed by atoms with van der Waals surface area (Å²) in [6, 6.07) is 0.778. The van der Waals surface area contributed by atoms with E-state index in [1.165, 1.54) is 64.2 Å².